The normalized spacial score (nSPS) is 10.6. The van der Waals surface area contributed by atoms with Crippen molar-refractivity contribution in [2.45, 2.75) is 0 Å². The molecular weight excluding hydrogens is 264 g/mol. The molecule has 9 nitrogen and oxygen atoms in total. The van der Waals surface area contributed by atoms with Crippen molar-refractivity contribution in [3.05, 3.63) is 17.7 Å². The molecule has 1 aromatic carbocycles. The first-order chi connectivity index (χ1) is 9.78. The van der Waals surface area contributed by atoms with Crippen molar-refractivity contribution < 1.29 is 14.2 Å². The van der Waals surface area contributed by atoms with Gasteiger partial charge in [-0.15, -0.1) is 5.10 Å². The number of tetrazole rings is 1. The SMILES string of the molecule is COc1cc(OC)c(OC)cc1/C=N/Nc1nn[nH]n1. The van der Waals surface area contributed by atoms with E-state index in [9.17, 15) is 0 Å². The topological polar surface area (TPSA) is 107 Å². The van der Waals surface area contributed by atoms with E-state index in [0.29, 0.717) is 22.8 Å². The molecular formula is C11H14N6O3. The maximum Gasteiger partial charge on any atom is 0.283 e. The summed E-state index contributed by atoms with van der Waals surface area (Å²) in [6.07, 6.45) is 1.55. The van der Waals surface area contributed by atoms with Gasteiger partial charge in [0.1, 0.15) is 5.75 Å². The van der Waals surface area contributed by atoms with Crippen LogP contribution in [0.3, 0.4) is 0 Å². The monoisotopic (exact) mass is 278 g/mol. The van der Waals surface area contributed by atoms with Gasteiger partial charge in [-0.05, 0) is 11.3 Å². The van der Waals surface area contributed by atoms with Crippen LogP contribution in [-0.4, -0.2) is 48.2 Å². The highest BCUT2D eigenvalue weighted by molar-refractivity contribution is 5.85. The van der Waals surface area contributed by atoms with Crippen molar-refractivity contribution in [3.63, 3.8) is 0 Å². The minimum absolute atomic E-state index is 0.265. The highest BCUT2D eigenvalue weighted by atomic mass is 16.5. The number of aromatic amines is 1. The van der Waals surface area contributed by atoms with Crippen LogP contribution in [0.4, 0.5) is 5.95 Å². The van der Waals surface area contributed by atoms with Crippen LogP contribution in [0, 0.1) is 0 Å². The number of ether oxygens (including phenoxy) is 3. The summed E-state index contributed by atoms with van der Waals surface area (Å²) < 4.78 is 15.7. The van der Waals surface area contributed by atoms with Crippen LogP contribution >= 0.6 is 0 Å². The van der Waals surface area contributed by atoms with Gasteiger partial charge in [0.15, 0.2) is 11.5 Å². The fraction of sp³-hybridized carbons (Fsp3) is 0.273. The summed E-state index contributed by atoms with van der Waals surface area (Å²) >= 11 is 0. The Labute approximate surface area is 114 Å². The van der Waals surface area contributed by atoms with Gasteiger partial charge in [-0.2, -0.15) is 10.3 Å². The molecule has 2 rings (SSSR count). The highest BCUT2D eigenvalue weighted by Crippen LogP contribution is 2.33. The Morgan fingerprint density at radius 1 is 1.10 bits per heavy atom. The lowest BCUT2D eigenvalue weighted by molar-refractivity contribution is 0.349. The number of aromatic nitrogens is 4. The van der Waals surface area contributed by atoms with Crippen LogP contribution in [0.5, 0.6) is 17.2 Å². The lowest BCUT2D eigenvalue weighted by Crippen LogP contribution is -1.98. The molecule has 0 unspecified atom stereocenters. The molecule has 0 aliphatic rings. The van der Waals surface area contributed by atoms with E-state index in [1.54, 1.807) is 39.7 Å². The second kappa shape index (κ2) is 6.36. The number of hydrogen-bond acceptors (Lipinski definition) is 8. The molecule has 0 aliphatic carbocycles. The van der Waals surface area contributed by atoms with Gasteiger partial charge in [0, 0.05) is 11.6 Å². The van der Waals surface area contributed by atoms with E-state index in [-0.39, 0.29) is 5.95 Å². The van der Waals surface area contributed by atoms with E-state index < -0.39 is 0 Å². The molecule has 0 aliphatic heterocycles. The number of nitrogens with zero attached hydrogens (tertiary/aromatic N) is 4. The van der Waals surface area contributed by atoms with Crippen molar-refractivity contribution in [1.82, 2.24) is 20.6 Å². The van der Waals surface area contributed by atoms with E-state index in [1.807, 2.05) is 0 Å². The van der Waals surface area contributed by atoms with E-state index in [4.69, 9.17) is 14.2 Å². The van der Waals surface area contributed by atoms with Crippen molar-refractivity contribution in [1.29, 1.82) is 0 Å². The summed E-state index contributed by atoms with van der Waals surface area (Å²) in [5.41, 5.74) is 3.33. The second-order valence-corrected chi connectivity index (χ2v) is 3.55. The number of hydrazone groups is 1. The third kappa shape index (κ3) is 2.94. The Morgan fingerprint density at radius 2 is 1.80 bits per heavy atom. The van der Waals surface area contributed by atoms with E-state index in [1.165, 1.54) is 0 Å². The van der Waals surface area contributed by atoms with E-state index in [0.717, 1.165) is 0 Å². The minimum atomic E-state index is 0.265. The fourth-order valence-corrected chi connectivity index (χ4v) is 1.52. The predicted molar refractivity (Wildman–Crippen MR) is 71.5 cm³/mol. The molecule has 2 aromatic rings. The standard InChI is InChI=1S/C11H14N6O3/c1-18-8-5-10(20-3)9(19-2)4-7(8)6-12-13-11-14-16-17-15-11/h4-6H,1-3H3,(H2,13,14,15,16,17)/b12-6+. The molecule has 1 heterocycles. The first-order valence-electron chi connectivity index (χ1n) is 5.61. The fourth-order valence-electron chi connectivity index (χ4n) is 1.52. The molecule has 2 N–H and O–H groups in total. The summed E-state index contributed by atoms with van der Waals surface area (Å²) in [7, 11) is 4.68. The lowest BCUT2D eigenvalue weighted by atomic mass is 10.2. The highest BCUT2D eigenvalue weighted by Gasteiger charge is 2.10. The number of H-pyrrole nitrogens is 1. The largest absolute Gasteiger partial charge is 0.496 e. The van der Waals surface area contributed by atoms with Gasteiger partial charge in [0.25, 0.3) is 5.95 Å². The molecule has 20 heavy (non-hydrogen) atoms. The molecule has 0 fully saturated rings. The second-order valence-electron chi connectivity index (χ2n) is 3.55. The van der Waals surface area contributed by atoms with Crippen LogP contribution in [-0.2, 0) is 0 Å². The van der Waals surface area contributed by atoms with Crippen molar-refractivity contribution in [3.8, 4) is 17.2 Å². The van der Waals surface area contributed by atoms with Gasteiger partial charge in [0.2, 0.25) is 0 Å². The van der Waals surface area contributed by atoms with Gasteiger partial charge in [-0.3, -0.25) is 0 Å². The Morgan fingerprint density at radius 3 is 2.40 bits per heavy atom. The van der Waals surface area contributed by atoms with Crippen molar-refractivity contribution in [2.75, 3.05) is 26.8 Å². The number of anilines is 1. The summed E-state index contributed by atoms with van der Waals surface area (Å²) in [6.45, 7) is 0. The van der Waals surface area contributed by atoms with Gasteiger partial charge >= 0.3 is 0 Å². The molecule has 0 radical (unpaired) electrons. The molecule has 0 spiro atoms. The van der Waals surface area contributed by atoms with Crippen LogP contribution in [0.25, 0.3) is 0 Å². The molecule has 106 valence electrons. The summed E-state index contributed by atoms with van der Waals surface area (Å²) in [5.74, 6) is 2.02. The van der Waals surface area contributed by atoms with Crippen LogP contribution in [0.2, 0.25) is 0 Å². The molecule has 0 atom stereocenters. The Bertz CT molecular complexity index is 584. The molecule has 9 heteroatoms. The predicted octanol–water partition coefficient (Wildman–Crippen LogP) is 0.671. The molecule has 1 aromatic heterocycles. The first-order valence-corrected chi connectivity index (χ1v) is 5.61. The zero-order valence-corrected chi connectivity index (χ0v) is 11.2. The quantitative estimate of drug-likeness (QED) is 0.590. The van der Waals surface area contributed by atoms with Crippen molar-refractivity contribution >= 4 is 12.2 Å². The van der Waals surface area contributed by atoms with E-state index >= 15 is 0 Å². The number of methoxy groups -OCH3 is 3. The average molecular weight is 278 g/mol. The number of hydrogen-bond donors (Lipinski definition) is 2. The molecule has 0 amide bonds. The maximum absolute atomic E-state index is 5.27. The smallest absolute Gasteiger partial charge is 0.283 e. The van der Waals surface area contributed by atoms with Gasteiger partial charge in [-0.1, -0.05) is 5.10 Å². The molecule has 0 saturated carbocycles. The zero-order valence-electron chi connectivity index (χ0n) is 11.2. The van der Waals surface area contributed by atoms with Gasteiger partial charge in [0.05, 0.1) is 27.5 Å². The number of rotatable bonds is 6. The number of nitrogens with one attached hydrogen (secondary N) is 2. The third-order valence-electron chi connectivity index (χ3n) is 2.45. The maximum atomic E-state index is 5.27. The number of benzene rings is 1. The Balaban J connectivity index is 2.23. The van der Waals surface area contributed by atoms with Gasteiger partial charge in [-0.25, -0.2) is 5.43 Å². The summed E-state index contributed by atoms with van der Waals surface area (Å²) in [6, 6.07) is 3.47. The summed E-state index contributed by atoms with van der Waals surface area (Å²) in [4.78, 5) is 0. The van der Waals surface area contributed by atoms with Crippen LogP contribution in [0.15, 0.2) is 17.2 Å². The molecule has 0 saturated heterocycles. The Hall–Kier alpha value is -2.84. The minimum Gasteiger partial charge on any atom is -0.496 e. The average Bonchev–Trinajstić information content (AvgIpc) is 2.99. The third-order valence-corrected chi connectivity index (χ3v) is 2.45. The van der Waals surface area contributed by atoms with E-state index in [2.05, 4.69) is 31.2 Å². The summed E-state index contributed by atoms with van der Waals surface area (Å²) in [5, 5.41) is 17.1. The van der Waals surface area contributed by atoms with Gasteiger partial charge < -0.3 is 14.2 Å². The Kier molecular flexibility index (Phi) is 4.32. The van der Waals surface area contributed by atoms with Crippen molar-refractivity contribution in [2.24, 2.45) is 5.10 Å². The first kappa shape index (κ1) is 13.6. The molecule has 0 bridgehead atoms. The lowest BCUT2D eigenvalue weighted by Gasteiger charge is -2.11. The zero-order chi connectivity index (χ0) is 14.4. The van der Waals surface area contributed by atoms with Crippen LogP contribution < -0.4 is 19.6 Å². The van der Waals surface area contributed by atoms with Crippen LogP contribution in [0.1, 0.15) is 5.56 Å².